The lowest BCUT2D eigenvalue weighted by Gasteiger charge is -2.03. The molecule has 130 valence electrons. The smallest absolute Gasteiger partial charge is 0.210 e. The van der Waals surface area contributed by atoms with Gasteiger partial charge in [-0.2, -0.15) is 0 Å². The Morgan fingerprint density at radius 2 is 1.77 bits per heavy atom. The number of nitrogens with zero attached hydrogens (tertiary/aromatic N) is 5. The molecule has 0 fully saturated rings. The summed E-state index contributed by atoms with van der Waals surface area (Å²) in [5.41, 5.74) is 3.21. The molecule has 26 heavy (non-hydrogen) atoms. The number of hydrogen-bond donors (Lipinski definition) is 1. The van der Waals surface area contributed by atoms with Gasteiger partial charge in [0.05, 0.1) is 12.2 Å². The van der Waals surface area contributed by atoms with Crippen LogP contribution in [0.5, 0.6) is 0 Å². The van der Waals surface area contributed by atoms with E-state index in [1.807, 2.05) is 53.2 Å². The quantitative estimate of drug-likeness (QED) is 0.484. The molecule has 2 heterocycles. The number of para-hydroxylation sites is 1. The van der Waals surface area contributed by atoms with Gasteiger partial charge in [0.2, 0.25) is 5.16 Å². The Kier molecular flexibility index (Phi) is 5.22. The van der Waals surface area contributed by atoms with Crippen LogP contribution >= 0.6 is 23.1 Å². The van der Waals surface area contributed by atoms with Gasteiger partial charge in [-0.15, -0.1) is 16.4 Å². The van der Waals surface area contributed by atoms with Crippen LogP contribution in [0.4, 0.5) is 10.8 Å². The summed E-state index contributed by atoms with van der Waals surface area (Å²) in [6.07, 6.45) is 0. The van der Waals surface area contributed by atoms with Crippen LogP contribution < -0.4 is 5.32 Å². The van der Waals surface area contributed by atoms with E-state index in [-0.39, 0.29) is 0 Å². The lowest BCUT2D eigenvalue weighted by atomic mass is 10.2. The average molecular weight is 381 g/mol. The highest BCUT2D eigenvalue weighted by molar-refractivity contribution is 7.98. The summed E-state index contributed by atoms with van der Waals surface area (Å²) in [5, 5.41) is 19.1. The molecule has 0 saturated carbocycles. The van der Waals surface area contributed by atoms with E-state index < -0.39 is 0 Å². The van der Waals surface area contributed by atoms with Crippen molar-refractivity contribution >= 4 is 33.9 Å². The Hall–Kier alpha value is -2.71. The van der Waals surface area contributed by atoms with E-state index in [1.165, 1.54) is 5.56 Å². The van der Waals surface area contributed by atoms with E-state index in [1.54, 1.807) is 23.1 Å². The third-order valence-corrected chi connectivity index (χ3v) is 5.40. The molecule has 2 aromatic heterocycles. The Labute approximate surface area is 159 Å². The van der Waals surface area contributed by atoms with Gasteiger partial charge in [0.15, 0.2) is 5.13 Å². The summed E-state index contributed by atoms with van der Waals surface area (Å²) in [5.74, 6) is 0.724. The summed E-state index contributed by atoms with van der Waals surface area (Å²) in [4.78, 5) is 4.63. The third-order valence-electron chi connectivity index (χ3n) is 3.60. The molecule has 0 atom stereocenters. The molecule has 0 saturated heterocycles. The minimum atomic E-state index is 0.661. The van der Waals surface area contributed by atoms with Crippen molar-refractivity contribution < 1.29 is 0 Å². The summed E-state index contributed by atoms with van der Waals surface area (Å²) in [7, 11) is 0. The molecule has 0 unspecified atom stereocenters. The van der Waals surface area contributed by atoms with E-state index in [4.69, 9.17) is 0 Å². The lowest BCUT2D eigenvalue weighted by Crippen LogP contribution is -2.03. The molecule has 0 bridgehead atoms. The molecular formula is C18H16N6S2. The van der Waals surface area contributed by atoms with E-state index in [9.17, 15) is 0 Å². The summed E-state index contributed by atoms with van der Waals surface area (Å²) in [6.45, 7) is 0.661. The van der Waals surface area contributed by atoms with E-state index in [0.717, 1.165) is 27.4 Å². The normalized spacial score (nSPS) is 10.8. The molecule has 8 heteroatoms. The van der Waals surface area contributed by atoms with Crippen LogP contribution in [0.2, 0.25) is 0 Å². The zero-order valence-corrected chi connectivity index (χ0v) is 15.5. The third kappa shape index (κ3) is 4.27. The van der Waals surface area contributed by atoms with Crippen molar-refractivity contribution in [2.24, 2.45) is 0 Å². The molecule has 0 aliphatic rings. The van der Waals surface area contributed by atoms with Crippen LogP contribution in [0.3, 0.4) is 0 Å². The Bertz CT molecular complexity index is 952. The molecule has 0 aliphatic heterocycles. The van der Waals surface area contributed by atoms with Crippen molar-refractivity contribution in [1.29, 1.82) is 0 Å². The molecule has 0 spiro atoms. The fourth-order valence-electron chi connectivity index (χ4n) is 2.37. The number of nitrogens with one attached hydrogen (secondary N) is 1. The Morgan fingerprint density at radius 1 is 1.00 bits per heavy atom. The maximum absolute atomic E-state index is 4.63. The van der Waals surface area contributed by atoms with E-state index in [0.29, 0.717) is 6.54 Å². The monoisotopic (exact) mass is 380 g/mol. The predicted octanol–water partition coefficient (Wildman–Crippen LogP) is 4.21. The van der Waals surface area contributed by atoms with Gasteiger partial charge in [-0.3, -0.25) is 0 Å². The van der Waals surface area contributed by atoms with Crippen LogP contribution in [0.15, 0.2) is 71.2 Å². The summed E-state index contributed by atoms with van der Waals surface area (Å²) < 4.78 is 1.81. The van der Waals surface area contributed by atoms with Crippen LogP contribution in [0.25, 0.3) is 0 Å². The second kappa shape index (κ2) is 8.11. The first-order chi connectivity index (χ1) is 12.9. The van der Waals surface area contributed by atoms with Crippen molar-refractivity contribution in [2.45, 2.75) is 17.5 Å². The average Bonchev–Trinajstić information content (AvgIpc) is 3.31. The zero-order chi connectivity index (χ0) is 17.6. The van der Waals surface area contributed by atoms with Gasteiger partial charge in [0.1, 0.15) is 0 Å². The van der Waals surface area contributed by atoms with Crippen LogP contribution in [0, 0.1) is 0 Å². The second-order valence-corrected chi connectivity index (χ2v) is 7.33. The number of benzene rings is 2. The molecule has 4 aromatic rings. The highest BCUT2D eigenvalue weighted by Gasteiger charge is 2.10. The van der Waals surface area contributed by atoms with Gasteiger partial charge >= 0.3 is 0 Å². The first-order valence-corrected chi connectivity index (χ1v) is 9.93. The van der Waals surface area contributed by atoms with Crippen molar-refractivity contribution in [1.82, 2.24) is 25.2 Å². The number of thiazole rings is 1. The van der Waals surface area contributed by atoms with Crippen LogP contribution in [0.1, 0.15) is 11.3 Å². The van der Waals surface area contributed by atoms with Crippen LogP contribution in [-0.4, -0.2) is 25.2 Å². The minimum Gasteiger partial charge on any atom is -0.332 e. The molecule has 6 nitrogen and oxygen atoms in total. The topological polar surface area (TPSA) is 68.5 Å². The van der Waals surface area contributed by atoms with E-state index >= 15 is 0 Å². The van der Waals surface area contributed by atoms with Crippen LogP contribution in [-0.2, 0) is 12.3 Å². The van der Waals surface area contributed by atoms with Gasteiger partial charge in [-0.05, 0) is 28.1 Å². The number of anilines is 2. The van der Waals surface area contributed by atoms with Gasteiger partial charge < -0.3 is 5.32 Å². The number of thioether (sulfide) groups is 1. The number of aromatic nitrogens is 5. The summed E-state index contributed by atoms with van der Waals surface area (Å²) in [6, 6.07) is 20.2. The molecule has 0 amide bonds. The number of hydrogen-bond acceptors (Lipinski definition) is 7. The first-order valence-electron chi connectivity index (χ1n) is 8.06. The second-order valence-electron chi connectivity index (χ2n) is 5.53. The van der Waals surface area contributed by atoms with Gasteiger partial charge in [-0.25, -0.2) is 9.67 Å². The van der Waals surface area contributed by atoms with Crippen molar-refractivity contribution in [2.75, 3.05) is 5.32 Å². The number of rotatable bonds is 7. The van der Waals surface area contributed by atoms with Gasteiger partial charge in [0.25, 0.3) is 0 Å². The standard InChI is InChI=1S/C18H16N6S2/c1-3-7-14(8-4-1)11-24-18(21-22-23-24)26-13-16-12-25-17(20-16)19-15-9-5-2-6-10-15/h1-10,12H,11,13H2,(H,19,20). The minimum absolute atomic E-state index is 0.661. The maximum Gasteiger partial charge on any atom is 0.210 e. The fraction of sp³-hybridized carbons (Fsp3) is 0.111. The molecule has 0 aliphatic carbocycles. The van der Waals surface area contributed by atoms with Crippen molar-refractivity contribution in [3.63, 3.8) is 0 Å². The molecule has 2 aromatic carbocycles. The van der Waals surface area contributed by atoms with E-state index in [2.05, 4.69) is 43.3 Å². The van der Waals surface area contributed by atoms with Crippen molar-refractivity contribution in [3.05, 3.63) is 77.3 Å². The van der Waals surface area contributed by atoms with Crippen molar-refractivity contribution in [3.8, 4) is 0 Å². The molecule has 0 radical (unpaired) electrons. The highest BCUT2D eigenvalue weighted by Crippen LogP contribution is 2.25. The SMILES string of the molecule is c1ccc(Cn2nnnc2SCc2csc(Nc3ccccc3)n2)cc1. The van der Waals surface area contributed by atoms with Gasteiger partial charge in [0, 0.05) is 16.8 Å². The lowest BCUT2D eigenvalue weighted by molar-refractivity contribution is 0.603. The molecular weight excluding hydrogens is 364 g/mol. The largest absolute Gasteiger partial charge is 0.332 e. The van der Waals surface area contributed by atoms with Gasteiger partial charge in [-0.1, -0.05) is 60.3 Å². The molecule has 1 N–H and O–H groups in total. The zero-order valence-electron chi connectivity index (χ0n) is 13.8. The first kappa shape index (κ1) is 16.7. The summed E-state index contributed by atoms with van der Waals surface area (Å²) >= 11 is 3.18. The fourth-order valence-corrected chi connectivity index (χ4v) is 3.97. The highest BCUT2D eigenvalue weighted by atomic mass is 32.2. The Morgan fingerprint density at radius 3 is 2.58 bits per heavy atom. The molecule has 4 rings (SSSR count). The Balaban J connectivity index is 1.37. The predicted molar refractivity (Wildman–Crippen MR) is 105 cm³/mol. The number of tetrazole rings is 1. The maximum atomic E-state index is 4.63.